The van der Waals surface area contributed by atoms with Gasteiger partial charge in [0.1, 0.15) is 5.69 Å². The fourth-order valence-electron chi connectivity index (χ4n) is 1.62. The Kier molecular flexibility index (Phi) is 4.47. The highest BCUT2D eigenvalue weighted by atomic mass is 16.5. The molecule has 0 spiro atoms. The van der Waals surface area contributed by atoms with E-state index >= 15 is 0 Å². The van der Waals surface area contributed by atoms with E-state index < -0.39 is 0 Å². The lowest BCUT2D eigenvalue weighted by atomic mass is 10.2. The Hall–Kier alpha value is -2.40. The summed E-state index contributed by atoms with van der Waals surface area (Å²) in [6, 6.07) is 13.5. The Morgan fingerprint density at radius 3 is 2.63 bits per heavy atom. The minimum Gasteiger partial charge on any atom is -0.409 e. The van der Waals surface area contributed by atoms with Crippen LogP contribution in [0.15, 0.2) is 53.8 Å². The Bertz CT molecular complexity index is 556. The molecule has 1 heterocycles. The molecule has 0 aliphatic rings. The van der Waals surface area contributed by atoms with Crippen LogP contribution in [0.1, 0.15) is 16.8 Å². The molecule has 1 aromatic heterocycles. The Morgan fingerprint density at radius 2 is 1.89 bits per heavy atom. The molecule has 0 radical (unpaired) electrons. The van der Waals surface area contributed by atoms with E-state index in [4.69, 9.17) is 15.7 Å². The number of oxime groups is 1. The second kappa shape index (κ2) is 6.51. The van der Waals surface area contributed by atoms with Gasteiger partial charge in [-0.15, -0.1) is 0 Å². The van der Waals surface area contributed by atoms with Crippen molar-refractivity contribution in [2.45, 2.75) is 13.2 Å². The van der Waals surface area contributed by atoms with Gasteiger partial charge in [-0.1, -0.05) is 35.5 Å². The van der Waals surface area contributed by atoms with E-state index in [1.165, 1.54) is 0 Å². The third kappa shape index (κ3) is 3.79. The van der Waals surface area contributed by atoms with E-state index in [9.17, 15) is 0 Å². The van der Waals surface area contributed by atoms with Crippen LogP contribution in [-0.4, -0.2) is 16.0 Å². The van der Waals surface area contributed by atoms with Gasteiger partial charge in [-0.2, -0.15) is 0 Å². The summed E-state index contributed by atoms with van der Waals surface area (Å²) in [5.41, 5.74) is 7.96. The van der Waals surface area contributed by atoms with Crippen molar-refractivity contribution in [3.05, 3.63) is 65.5 Å². The van der Waals surface area contributed by atoms with E-state index in [-0.39, 0.29) is 5.84 Å². The summed E-state index contributed by atoms with van der Waals surface area (Å²) in [4.78, 5) is 4.01. The summed E-state index contributed by atoms with van der Waals surface area (Å²) < 4.78 is 5.60. The first-order chi connectivity index (χ1) is 9.29. The molecule has 0 amide bonds. The van der Waals surface area contributed by atoms with Crippen molar-refractivity contribution in [2.75, 3.05) is 0 Å². The largest absolute Gasteiger partial charge is 0.409 e. The van der Waals surface area contributed by atoms with Crippen molar-refractivity contribution in [1.29, 1.82) is 0 Å². The van der Waals surface area contributed by atoms with Crippen LogP contribution in [0.25, 0.3) is 0 Å². The molecule has 0 fully saturated rings. The lowest BCUT2D eigenvalue weighted by Gasteiger charge is -2.05. The van der Waals surface area contributed by atoms with Gasteiger partial charge in [0.15, 0.2) is 5.84 Å². The molecule has 2 rings (SSSR count). The van der Waals surface area contributed by atoms with Gasteiger partial charge in [0.05, 0.1) is 13.2 Å². The van der Waals surface area contributed by atoms with Crippen molar-refractivity contribution < 1.29 is 9.94 Å². The average Bonchev–Trinajstić information content (AvgIpc) is 2.48. The average molecular weight is 257 g/mol. The fraction of sp³-hybridized carbons (Fsp3) is 0.143. The maximum atomic E-state index is 8.60. The third-order valence-corrected chi connectivity index (χ3v) is 2.57. The Morgan fingerprint density at radius 1 is 1.16 bits per heavy atom. The zero-order chi connectivity index (χ0) is 13.5. The van der Waals surface area contributed by atoms with Crippen LogP contribution >= 0.6 is 0 Å². The highest BCUT2D eigenvalue weighted by Gasteiger charge is 2.02. The first-order valence-electron chi connectivity index (χ1n) is 5.84. The van der Waals surface area contributed by atoms with Crippen LogP contribution in [0.4, 0.5) is 0 Å². The number of amidine groups is 1. The SMILES string of the molecule is NC(=NO)c1cc(COCc2ccccc2)ccn1. The number of aromatic nitrogens is 1. The topological polar surface area (TPSA) is 80.7 Å². The molecule has 0 unspecified atom stereocenters. The molecule has 1 aromatic carbocycles. The molecule has 98 valence electrons. The Balaban J connectivity index is 1.93. The zero-order valence-corrected chi connectivity index (χ0v) is 10.4. The number of benzene rings is 1. The van der Waals surface area contributed by atoms with Crippen LogP contribution in [0, 0.1) is 0 Å². The van der Waals surface area contributed by atoms with Gasteiger partial charge in [-0.25, -0.2) is 0 Å². The first-order valence-corrected chi connectivity index (χ1v) is 5.84. The molecular formula is C14H15N3O2. The number of nitrogens with zero attached hydrogens (tertiary/aromatic N) is 2. The van der Waals surface area contributed by atoms with Crippen LogP contribution in [-0.2, 0) is 18.0 Å². The van der Waals surface area contributed by atoms with E-state index in [1.807, 2.05) is 36.4 Å². The molecule has 0 aliphatic carbocycles. The zero-order valence-electron chi connectivity index (χ0n) is 10.4. The number of nitrogens with two attached hydrogens (primary N) is 1. The molecule has 0 atom stereocenters. The van der Waals surface area contributed by atoms with Crippen molar-refractivity contribution in [2.24, 2.45) is 10.9 Å². The Labute approximate surface area is 111 Å². The van der Waals surface area contributed by atoms with Gasteiger partial charge in [0.2, 0.25) is 0 Å². The highest BCUT2D eigenvalue weighted by Crippen LogP contribution is 2.07. The summed E-state index contributed by atoms with van der Waals surface area (Å²) in [6.45, 7) is 0.991. The van der Waals surface area contributed by atoms with E-state index in [1.54, 1.807) is 12.3 Å². The molecule has 5 heteroatoms. The monoisotopic (exact) mass is 257 g/mol. The smallest absolute Gasteiger partial charge is 0.188 e. The maximum Gasteiger partial charge on any atom is 0.188 e. The molecule has 5 nitrogen and oxygen atoms in total. The minimum absolute atomic E-state index is 0.00934. The molecule has 0 saturated heterocycles. The van der Waals surface area contributed by atoms with Crippen LogP contribution < -0.4 is 5.73 Å². The van der Waals surface area contributed by atoms with Gasteiger partial charge in [-0.3, -0.25) is 4.98 Å². The fourth-order valence-corrected chi connectivity index (χ4v) is 1.62. The van der Waals surface area contributed by atoms with Crippen molar-refractivity contribution >= 4 is 5.84 Å². The highest BCUT2D eigenvalue weighted by molar-refractivity contribution is 5.95. The van der Waals surface area contributed by atoms with Gasteiger partial charge in [0, 0.05) is 6.20 Å². The summed E-state index contributed by atoms with van der Waals surface area (Å²) in [6.07, 6.45) is 1.61. The summed E-state index contributed by atoms with van der Waals surface area (Å²) in [7, 11) is 0. The predicted molar refractivity (Wildman–Crippen MR) is 71.7 cm³/mol. The summed E-state index contributed by atoms with van der Waals surface area (Å²) in [5, 5.41) is 11.5. The lowest BCUT2D eigenvalue weighted by molar-refractivity contribution is 0.107. The van der Waals surface area contributed by atoms with Crippen LogP contribution in [0.5, 0.6) is 0 Å². The van der Waals surface area contributed by atoms with Gasteiger partial charge in [0.25, 0.3) is 0 Å². The molecule has 2 aromatic rings. The van der Waals surface area contributed by atoms with Gasteiger partial charge < -0.3 is 15.7 Å². The number of ether oxygens (including phenoxy) is 1. The molecule has 3 N–H and O–H groups in total. The molecule has 0 bridgehead atoms. The van der Waals surface area contributed by atoms with Gasteiger partial charge >= 0.3 is 0 Å². The number of rotatable bonds is 5. The molecular weight excluding hydrogens is 242 g/mol. The van der Waals surface area contributed by atoms with Crippen LogP contribution in [0.3, 0.4) is 0 Å². The van der Waals surface area contributed by atoms with E-state index in [2.05, 4.69) is 10.1 Å². The molecule has 0 saturated carbocycles. The predicted octanol–water partition coefficient (Wildman–Crippen LogP) is 1.89. The standard InChI is InChI=1S/C14H15N3O2/c15-14(17-18)13-8-12(6-7-16-13)10-19-9-11-4-2-1-3-5-11/h1-8,18H,9-10H2,(H2,15,17). The second-order valence-corrected chi connectivity index (χ2v) is 4.01. The molecule has 0 aliphatic heterocycles. The van der Waals surface area contributed by atoms with Gasteiger partial charge in [-0.05, 0) is 23.3 Å². The summed E-state index contributed by atoms with van der Waals surface area (Å²) >= 11 is 0. The summed E-state index contributed by atoms with van der Waals surface area (Å²) in [5.74, 6) is -0.00934. The van der Waals surface area contributed by atoms with Crippen molar-refractivity contribution in [3.8, 4) is 0 Å². The van der Waals surface area contributed by atoms with Crippen molar-refractivity contribution in [3.63, 3.8) is 0 Å². The number of pyridine rings is 1. The lowest BCUT2D eigenvalue weighted by Crippen LogP contribution is -2.15. The quantitative estimate of drug-likeness (QED) is 0.371. The van der Waals surface area contributed by atoms with E-state index in [0.29, 0.717) is 18.9 Å². The van der Waals surface area contributed by atoms with E-state index in [0.717, 1.165) is 11.1 Å². The van der Waals surface area contributed by atoms with Crippen molar-refractivity contribution in [1.82, 2.24) is 4.98 Å². The minimum atomic E-state index is -0.00934. The number of hydrogen-bond donors (Lipinski definition) is 2. The first kappa shape index (κ1) is 13.0. The third-order valence-electron chi connectivity index (χ3n) is 2.57. The maximum absolute atomic E-state index is 8.60. The number of hydrogen-bond acceptors (Lipinski definition) is 4. The normalized spacial score (nSPS) is 11.5. The van der Waals surface area contributed by atoms with Crippen LogP contribution in [0.2, 0.25) is 0 Å². The second-order valence-electron chi connectivity index (χ2n) is 4.01. The molecule has 19 heavy (non-hydrogen) atoms.